The number of carbonyl (C=O) groups excluding carboxylic acids is 1. The lowest BCUT2D eigenvalue weighted by Crippen LogP contribution is -2.57. The van der Waals surface area contributed by atoms with Crippen molar-refractivity contribution < 1.29 is 39.1 Å². The monoisotopic (exact) mass is 328 g/mol. The van der Waals surface area contributed by atoms with E-state index in [1.807, 2.05) is 0 Å². The standard InChI is InChI=1S/C15H20O8/c1-3-4-9-10(8(5-16)6-21-9)14(20)23-15-13(19)12(18)11(17)7(2)22-15/h3-4,6-7,11-13,15-19H,5H2,1-2H3/b4-3+/t7-,11-,12+,13-,15-/m0/s1. The Balaban J connectivity index is 2.20. The third-order valence-corrected chi connectivity index (χ3v) is 3.62. The van der Waals surface area contributed by atoms with Gasteiger partial charge in [0.2, 0.25) is 6.29 Å². The van der Waals surface area contributed by atoms with Crippen LogP contribution in [0.4, 0.5) is 0 Å². The summed E-state index contributed by atoms with van der Waals surface area (Å²) in [5.74, 6) is -0.684. The Morgan fingerprint density at radius 3 is 2.61 bits per heavy atom. The Morgan fingerprint density at radius 2 is 2.00 bits per heavy atom. The van der Waals surface area contributed by atoms with Gasteiger partial charge in [0.25, 0.3) is 0 Å². The molecule has 0 bridgehead atoms. The first-order valence-corrected chi connectivity index (χ1v) is 7.15. The van der Waals surface area contributed by atoms with Crippen molar-refractivity contribution in [3.05, 3.63) is 29.2 Å². The molecule has 5 atom stereocenters. The summed E-state index contributed by atoms with van der Waals surface area (Å²) in [4.78, 5) is 12.3. The predicted octanol–water partition coefficient (Wildman–Crippen LogP) is -0.211. The maximum Gasteiger partial charge on any atom is 0.344 e. The minimum Gasteiger partial charge on any atom is -0.464 e. The highest BCUT2D eigenvalue weighted by Crippen LogP contribution is 2.25. The summed E-state index contributed by atoms with van der Waals surface area (Å²) in [5.41, 5.74) is 0.233. The van der Waals surface area contributed by atoms with Crippen LogP contribution in [0.25, 0.3) is 6.08 Å². The molecule has 23 heavy (non-hydrogen) atoms. The number of allylic oxidation sites excluding steroid dienone is 1. The van der Waals surface area contributed by atoms with E-state index in [-0.39, 0.29) is 16.9 Å². The lowest BCUT2D eigenvalue weighted by atomic mass is 10.00. The van der Waals surface area contributed by atoms with E-state index in [0.29, 0.717) is 0 Å². The Morgan fingerprint density at radius 1 is 1.30 bits per heavy atom. The van der Waals surface area contributed by atoms with E-state index in [2.05, 4.69) is 0 Å². The van der Waals surface area contributed by atoms with Crippen molar-refractivity contribution in [1.29, 1.82) is 0 Å². The van der Waals surface area contributed by atoms with E-state index in [4.69, 9.17) is 13.9 Å². The van der Waals surface area contributed by atoms with Crippen molar-refractivity contribution in [1.82, 2.24) is 0 Å². The summed E-state index contributed by atoms with van der Waals surface area (Å²) in [7, 11) is 0. The van der Waals surface area contributed by atoms with Gasteiger partial charge in [-0.25, -0.2) is 4.79 Å². The normalized spacial score (nSPS) is 31.5. The predicted molar refractivity (Wildman–Crippen MR) is 77.1 cm³/mol. The molecule has 0 aromatic carbocycles. The molecule has 0 amide bonds. The van der Waals surface area contributed by atoms with Crippen molar-refractivity contribution in [2.75, 3.05) is 0 Å². The molecule has 2 rings (SSSR count). The van der Waals surface area contributed by atoms with Crippen LogP contribution in [-0.4, -0.2) is 57.1 Å². The van der Waals surface area contributed by atoms with Crippen LogP contribution in [0.5, 0.6) is 0 Å². The van der Waals surface area contributed by atoms with Crippen LogP contribution in [-0.2, 0) is 16.1 Å². The lowest BCUT2D eigenvalue weighted by Gasteiger charge is -2.38. The maximum absolute atomic E-state index is 12.3. The fraction of sp³-hybridized carbons (Fsp3) is 0.533. The molecule has 8 heteroatoms. The highest BCUT2D eigenvalue weighted by atomic mass is 16.7. The molecule has 4 N–H and O–H groups in total. The van der Waals surface area contributed by atoms with E-state index in [1.165, 1.54) is 19.3 Å². The molecule has 1 aliphatic rings. The van der Waals surface area contributed by atoms with Gasteiger partial charge >= 0.3 is 5.97 Å². The summed E-state index contributed by atoms with van der Waals surface area (Å²) < 4.78 is 15.5. The summed E-state index contributed by atoms with van der Waals surface area (Å²) >= 11 is 0. The number of aliphatic hydroxyl groups excluding tert-OH is 4. The Hall–Kier alpha value is -1.71. The van der Waals surface area contributed by atoms with Crippen LogP contribution in [0.2, 0.25) is 0 Å². The van der Waals surface area contributed by atoms with Gasteiger partial charge in [0.15, 0.2) is 0 Å². The second-order valence-electron chi connectivity index (χ2n) is 5.24. The van der Waals surface area contributed by atoms with Crippen molar-refractivity contribution in [3.8, 4) is 0 Å². The molecule has 0 saturated carbocycles. The first kappa shape index (κ1) is 17.6. The average molecular weight is 328 g/mol. The summed E-state index contributed by atoms with van der Waals surface area (Å²) in [6, 6.07) is 0. The number of carbonyl (C=O) groups is 1. The maximum atomic E-state index is 12.3. The fourth-order valence-corrected chi connectivity index (χ4v) is 2.31. The number of hydrogen-bond acceptors (Lipinski definition) is 8. The topological polar surface area (TPSA) is 130 Å². The second-order valence-corrected chi connectivity index (χ2v) is 5.24. The van der Waals surface area contributed by atoms with Crippen molar-refractivity contribution in [2.24, 2.45) is 0 Å². The molecular formula is C15H20O8. The molecule has 0 unspecified atom stereocenters. The largest absolute Gasteiger partial charge is 0.464 e. The molecule has 8 nitrogen and oxygen atoms in total. The minimum atomic E-state index is -1.60. The Bertz CT molecular complexity index is 578. The SMILES string of the molecule is C/C=C/c1occ(CO)c1C(=O)O[C@@H]1O[C@@H](C)[C@H](O)[C@@H](O)[C@@H]1O. The quantitative estimate of drug-likeness (QED) is 0.559. The number of ether oxygens (including phenoxy) is 2. The summed E-state index contributed by atoms with van der Waals surface area (Å²) in [6.45, 7) is 2.77. The first-order valence-electron chi connectivity index (χ1n) is 7.15. The zero-order valence-corrected chi connectivity index (χ0v) is 12.7. The molecular weight excluding hydrogens is 308 g/mol. The smallest absolute Gasteiger partial charge is 0.344 e. The van der Waals surface area contributed by atoms with E-state index in [9.17, 15) is 25.2 Å². The van der Waals surface area contributed by atoms with Crippen LogP contribution in [0.15, 0.2) is 16.8 Å². The van der Waals surface area contributed by atoms with Crippen LogP contribution < -0.4 is 0 Å². The van der Waals surface area contributed by atoms with Gasteiger partial charge < -0.3 is 34.3 Å². The number of hydrogen-bond donors (Lipinski definition) is 4. The second kappa shape index (κ2) is 7.24. The van der Waals surface area contributed by atoms with Crippen molar-refractivity contribution in [3.63, 3.8) is 0 Å². The number of esters is 1. The first-order chi connectivity index (χ1) is 10.9. The van der Waals surface area contributed by atoms with E-state index in [1.54, 1.807) is 13.0 Å². The van der Waals surface area contributed by atoms with Gasteiger partial charge in [-0.2, -0.15) is 0 Å². The van der Waals surface area contributed by atoms with E-state index >= 15 is 0 Å². The highest BCUT2D eigenvalue weighted by Gasteiger charge is 2.44. The molecule has 0 aliphatic carbocycles. The third-order valence-electron chi connectivity index (χ3n) is 3.62. The summed E-state index contributed by atoms with van der Waals surface area (Å²) in [5, 5.41) is 38.5. The average Bonchev–Trinajstić information content (AvgIpc) is 2.93. The minimum absolute atomic E-state index is 0.00895. The van der Waals surface area contributed by atoms with Crippen molar-refractivity contribution >= 4 is 12.0 Å². The molecule has 0 radical (unpaired) electrons. The van der Waals surface area contributed by atoms with Gasteiger partial charge in [-0.05, 0) is 19.9 Å². The van der Waals surface area contributed by atoms with Crippen LogP contribution in [0, 0.1) is 0 Å². The molecule has 1 aromatic heterocycles. The zero-order chi connectivity index (χ0) is 17.1. The number of furan rings is 1. The fourth-order valence-electron chi connectivity index (χ4n) is 2.31. The summed E-state index contributed by atoms with van der Waals surface area (Å²) in [6.07, 6.45) is -2.28. The van der Waals surface area contributed by atoms with Gasteiger partial charge in [0.1, 0.15) is 29.6 Å². The number of rotatable bonds is 4. The molecule has 1 fully saturated rings. The van der Waals surface area contributed by atoms with Gasteiger partial charge in [-0.3, -0.25) is 0 Å². The molecule has 1 aliphatic heterocycles. The Labute approximate surface area is 132 Å². The Kier molecular flexibility index (Phi) is 5.55. The molecule has 0 spiro atoms. The van der Waals surface area contributed by atoms with Crippen LogP contribution in [0.3, 0.4) is 0 Å². The molecule has 128 valence electrons. The molecule has 1 saturated heterocycles. The van der Waals surface area contributed by atoms with Gasteiger partial charge in [-0.15, -0.1) is 0 Å². The zero-order valence-electron chi connectivity index (χ0n) is 12.7. The van der Waals surface area contributed by atoms with Crippen LogP contribution in [0.1, 0.15) is 35.5 Å². The van der Waals surface area contributed by atoms with Gasteiger partial charge in [0.05, 0.1) is 19.0 Å². The van der Waals surface area contributed by atoms with Gasteiger partial charge in [0, 0.05) is 5.56 Å². The van der Waals surface area contributed by atoms with Crippen LogP contribution >= 0.6 is 0 Å². The molecule has 1 aromatic rings. The van der Waals surface area contributed by atoms with Gasteiger partial charge in [-0.1, -0.05) is 6.08 Å². The van der Waals surface area contributed by atoms with E-state index in [0.717, 1.165) is 0 Å². The lowest BCUT2D eigenvalue weighted by molar-refractivity contribution is -0.276. The van der Waals surface area contributed by atoms with Crippen molar-refractivity contribution in [2.45, 2.75) is 51.2 Å². The molecule has 2 heterocycles. The van der Waals surface area contributed by atoms with E-state index < -0.39 is 43.3 Å². The number of aliphatic hydroxyl groups is 4. The highest BCUT2D eigenvalue weighted by molar-refractivity contribution is 5.94. The third kappa shape index (κ3) is 3.46.